The average molecular weight is 229 g/mol. The minimum absolute atomic E-state index is 0.572. The lowest BCUT2D eigenvalue weighted by Crippen LogP contribution is -2.10. The quantitative estimate of drug-likeness (QED) is 0.704. The molecule has 0 atom stereocenters. The molecule has 0 aliphatic rings. The number of nitrogens with one attached hydrogen (secondary N) is 1. The van der Waals surface area contributed by atoms with E-state index in [1.807, 2.05) is 6.07 Å². The summed E-state index contributed by atoms with van der Waals surface area (Å²) in [4.78, 5) is 0. The molecule has 0 spiro atoms. The van der Waals surface area contributed by atoms with Crippen LogP contribution in [0.3, 0.4) is 0 Å². The number of anilines is 2. The van der Waals surface area contributed by atoms with E-state index in [1.54, 1.807) is 0 Å². The molecular weight excluding hydrogens is 210 g/mol. The Balaban J connectivity index is 1.98. The molecule has 0 aliphatic carbocycles. The summed E-state index contributed by atoms with van der Waals surface area (Å²) in [5.41, 5.74) is 5.49. The van der Waals surface area contributed by atoms with Gasteiger partial charge in [0, 0.05) is 19.2 Å². The number of nitrogens with two attached hydrogens (primary N) is 1. The van der Waals surface area contributed by atoms with Crippen LogP contribution in [-0.2, 0) is 4.74 Å². The van der Waals surface area contributed by atoms with Crippen LogP contribution in [0.4, 0.5) is 10.8 Å². The van der Waals surface area contributed by atoms with Gasteiger partial charge in [-0.3, -0.25) is 0 Å². The Morgan fingerprint density at radius 3 is 2.93 bits per heavy atom. The maximum absolute atomic E-state index is 5.49. The molecule has 0 aromatic carbocycles. The van der Waals surface area contributed by atoms with Crippen LogP contribution in [0.1, 0.15) is 20.3 Å². The molecule has 1 aromatic rings. The molecule has 0 amide bonds. The molecule has 0 saturated heterocycles. The van der Waals surface area contributed by atoms with Gasteiger partial charge in [0.1, 0.15) is 10.8 Å². The van der Waals surface area contributed by atoms with Gasteiger partial charge >= 0.3 is 0 Å². The largest absolute Gasteiger partial charge is 0.383 e. The van der Waals surface area contributed by atoms with E-state index in [0.29, 0.717) is 11.7 Å². The van der Waals surface area contributed by atoms with E-state index < -0.39 is 0 Å². The number of hydrogen-bond donors (Lipinski definition) is 2. The minimum Gasteiger partial charge on any atom is -0.383 e. The van der Waals surface area contributed by atoms with Gasteiger partial charge in [-0.1, -0.05) is 13.8 Å². The SMILES string of the molecule is CC(C)CCOCCNc1cc(N)ns1. The van der Waals surface area contributed by atoms with Crippen molar-refractivity contribution in [3.05, 3.63) is 6.07 Å². The van der Waals surface area contributed by atoms with Gasteiger partial charge in [-0.15, -0.1) is 0 Å². The van der Waals surface area contributed by atoms with Crippen LogP contribution < -0.4 is 11.1 Å². The summed E-state index contributed by atoms with van der Waals surface area (Å²) in [6.45, 7) is 6.76. The third-order valence-corrected chi connectivity index (χ3v) is 2.67. The van der Waals surface area contributed by atoms with E-state index in [0.717, 1.165) is 31.2 Å². The normalized spacial score (nSPS) is 10.9. The van der Waals surface area contributed by atoms with Crippen LogP contribution in [0, 0.1) is 5.92 Å². The first kappa shape index (κ1) is 12.3. The maximum Gasteiger partial charge on any atom is 0.139 e. The lowest BCUT2D eigenvalue weighted by atomic mass is 10.1. The highest BCUT2D eigenvalue weighted by Gasteiger charge is 1.97. The number of hydrogen-bond acceptors (Lipinski definition) is 5. The molecule has 4 nitrogen and oxygen atoms in total. The van der Waals surface area contributed by atoms with Crippen LogP contribution in [0.2, 0.25) is 0 Å². The average Bonchev–Trinajstić information content (AvgIpc) is 2.57. The summed E-state index contributed by atoms with van der Waals surface area (Å²) in [7, 11) is 0. The fourth-order valence-electron chi connectivity index (χ4n) is 1.04. The number of nitrogen functional groups attached to an aromatic ring is 1. The molecule has 0 fully saturated rings. The van der Waals surface area contributed by atoms with E-state index in [1.165, 1.54) is 11.5 Å². The smallest absolute Gasteiger partial charge is 0.139 e. The zero-order valence-electron chi connectivity index (χ0n) is 9.32. The summed E-state index contributed by atoms with van der Waals surface area (Å²) in [6.07, 6.45) is 1.12. The zero-order valence-corrected chi connectivity index (χ0v) is 10.1. The summed E-state index contributed by atoms with van der Waals surface area (Å²) < 4.78 is 9.43. The van der Waals surface area contributed by atoms with E-state index in [-0.39, 0.29) is 0 Å². The molecule has 0 aliphatic heterocycles. The van der Waals surface area contributed by atoms with Crippen molar-refractivity contribution in [3.8, 4) is 0 Å². The molecule has 1 rings (SSSR count). The highest BCUT2D eigenvalue weighted by Crippen LogP contribution is 2.16. The third-order valence-electron chi connectivity index (χ3n) is 1.91. The number of rotatable bonds is 7. The van der Waals surface area contributed by atoms with Crippen LogP contribution in [0.5, 0.6) is 0 Å². The van der Waals surface area contributed by atoms with Crippen molar-refractivity contribution in [2.45, 2.75) is 20.3 Å². The van der Waals surface area contributed by atoms with Gasteiger partial charge < -0.3 is 15.8 Å². The maximum atomic E-state index is 5.49. The fraction of sp³-hybridized carbons (Fsp3) is 0.700. The Labute approximate surface area is 95.0 Å². The van der Waals surface area contributed by atoms with Gasteiger partial charge in [0.25, 0.3) is 0 Å². The zero-order chi connectivity index (χ0) is 11.1. The Morgan fingerprint density at radius 1 is 1.53 bits per heavy atom. The second-order valence-corrected chi connectivity index (χ2v) is 4.64. The first-order valence-electron chi connectivity index (χ1n) is 5.22. The molecule has 15 heavy (non-hydrogen) atoms. The van der Waals surface area contributed by atoms with E-state index in [4.69, 9.17) is 10.5 Å². The van der Waals surface area contributed by atoms with Crippen LogP contribution in [0.25, 0.3) is 0 Å². The van der Waals surface area contributed by atoms with Gasteiger partial charge in [0.15, 0.2) is 0 Å². The lowest BCUT2D eigenvalue weighted by molar-refractivity contribution is 0.133. The minimum atomic E-state index is 0.572. The Kier molecular flexibility index (Phi) is 5.42. The predicted molar refractivity (Wildman–Crippen MR) is 65.3 cm³/mol. The molecule has 5 heteroatoms. The van der Waals surface area contributed by atoms with Crippen molar-refractivity contribution in [2.24, 2.45) is 5.92 Å². The Morgan fingerprint density at radius 2 is 2.33 bits per heavy atom. The van der Waals surface area contributed by atoms with Gasteiger partial charge in [-0.25, -0.2) is 0 Å². The van der Waals surface area contributed by atoms with Crippen molar-refractivity contribution < 1.29 is 4.74 Å². The van der Waals surface area contributed by atoms with Crippen molar-refractivity contribution in [3.63, 3.8) is 0 Å². The number of aromatic nitrogens is 1. The lowest BCUT2D eigenvalue weighted by Gasteiger charge is -2.06. The highest BCUT2D eigenvalue weighted by molar-refractivity contribution is 7.10. The van der Waals surface area contributed by atoms with Crippen LogP contribution >= 0.6 is 11.5 Å². The van der Waals surface area contributed by atoms with Gasteiger partial charge in [0.2, 0.25) is 0 Å². The van der Waals surface area contributed by atoms with Crippen molar-refractivity contribution in [2.75, 3.05) is 30.8 Å². The standard InChI is InChI=1S/C10H19N3OS/c1-8(2)3-5-14-6-4-12-10-7-9(11)13-15-10/h7-8,12H,3-6H2,1-2H3,(H2,11,13). The summed E-state index contributed by atoms with van der Waals surface area (Å²) in [5.74, 6) is 1.28. The molecule has 0 unspecified atom stereocenters. The molecule has 0 bridgehead atoms. The van der Waals surface area contributed by atoms with Crippen molar-refractivity contribution in [1.29, 1.82) is 0 Å². The summed E-state index contributed by atoms with van der Waals surface area (Å²) >= 11 is 1.38. The molecular formula is C10H19N3OS. The van der Waals surface area contributed by atoms with Gasteiger partial charge in [0.05, 0.1) is 6.61 Å². The highest BCUT2D eigenvalue weighted by atomic mass is 32.1. The third kappa shape index (κ3) is 5.59. The van der Waals surface area contributed by atoms with Crippen LogP contribution in [-0.4, -0.2) is 24.1 Å². The second-order valence-electron chi connectivity index (χ2n) is 3.84. The molecule has 0 radical (unpaired) electrons. The van der Waals surface area contributed by atoms with E-state index in [9.17, 15) is 0 Å². The van der Waals surface area contributed by atoms with Gasteiger partial charge in [-0.05, 0) is 23.9 Å². The monoisotopic (exact) mass is 229 g/mol. The first-order valence-corrected chi connectivity index (χ1v) is 5.99. The molecule has 1 aromatic heterocycles. The molecule has 1 heterocycles. The number of ether oxygens (including phenoxy) is 1. The Bertz CT molecular complexity index is 275. The fourth-order valence-corrected chi connectivity index (χ4v) is 1.64. The first-order chi connectivity index (χ1) is 7.18. The van der Waals surface area contributed by atoms with E-state index in [2.05, 4.69) is 23.5 Å². The summed E-state index contributed by atoms with van der Waals surface area (Å²) in [6, 6.07) is 1.83. The van der Waals surface area contributed by atoms with Crippen molar-refractivity contribution >= 4 is 22.4 Å². The van der Waals surface area contributed by atoms with Crippen LogP contribution in [0.15, 0.2) is 6.07 Å². The van der Waals surface area contributed by atoms with E-state index >= 15 is 0 Å². The molecule has 0 saturated carbocycles. The topological polar surface area (TPSA) is 60.2 Å². The molecule has 86 valence electrons. The Hall–Kier alpha value is -0.810. The predicted octanol–water partition coefficient (Wildman–Crippen LogP) is 2.20. The molecule has 3 N–H and O–H groups in total. The van der Waals surface area contributed by atoms with Gasteiger partial charge in [-0.2, -0.15) is 4.37 Å². The van der Waals surface area contributed by atoms with Crippen molar-refractivity contribution in [1.82, 2.24) is 4.37 Å². The second kappa shape index (κ2) is 6.63. The number of nitrogens with zero attached hydrogens (tertiary/aromatic N) is 1. The summed E-state index contributed by atoms with van der Waals surface area (Å²) in [5, 5.41) is 4.20.